The second-order valence-corrected chi connectivity index (χ2v) is 33.3. The molecular formula is C117H78. The molecule has 0 saturated heterocycles. The van der Waals surface area contributed by atoms with E-state index in [1.807, 2.05) is 0 Å². The molecule has 0 bridgehead atoms. The standard InChI is InChI=1S/C117H78/c1-13-37-70(38-14-1)100-94-61-82-83(62-95(94)101(71-39-15-2-16-40-71)107(77-51-27-8-28-52-77)106(100)76-49-25-7-26-50-76)89-68-91-86-65-98-99(105(75-47-23-6-24-48-75)111(81-59-35-12-36-60-81)110(80-57-33-11-34-58-80)104(98)74-45-21-5-22-46-74)66-87(86)93-69-92-85-64-97-96(63-84(85)90-67-88(82)112-113(89)115(91)117(93)116(92)114(90)112)102(72-41-17-3-18-42-72)108(78-53-29-9-30-54-78)109(79-55-31-10-32-56-79)103(97)73-43-19-4-20-44-73/h1-60H,61-69H2. The number of hydrogen-bond donors (Lipinski definition) is 0. The molecule has 0 aromatic heterocycles. The van der Waals surface area contributed by atoms with Crippen LogP contribution < -0.4 is 0 Å². The maximum absolute atomic E-state index is 2.40. The van der Waals surface area contributed by atoms with Gasteiger partial charge in [0.1, 0.15) is 0 Å². The topological polar surface area (TPSA) is 0 Å². The summed E-state index contributed by atoms with van der Waals surface area (Å²) in [6.07, 6.45) is 7.67. The van der Waals surface area contributed by atoms with E-state index in [0.29, 0.717) is 0 Å². The van der Waals surface area contributed by atoms with Crippen molar-refractivity contribution in [3.63, 3.8) is 0 Å². The predicted octanol–water partition coefficient (Wildman–Crippen LogP) is 29.3. The monoisotopic (exact) mass is 1480 g/mol. The third kappa shape index (κ3) is 9.83. The van der Waals surface area contributed by atoms with Crippen LogP contribution in [0.1, 0.15) is 100 Å². The van der Waals surface area contributed by atoms with Gasteiger partial charge in [-0.3, -0.25) is 0 Å². The molecule has 0 amide bonds. The average molecular weight is 1480 g/mol. The minimum absolute atomic E-state index is 0.830. The molecule has 0 heterocycles. The molecule has 19 aromatic carbocycles. The summed E-state index contributed by atoms with van der Waals surface area (Å²) < 4.78 is 0. The van der Waals surface area contributed by atoms with Crippen molar-refractivity contribution in [2.24, 2.45) is 0 Å². The van der Waals surface area contributed by atoms with Crippen LogP contribution in [0.25, 0.3) is 166 Å². The summed E-state index contributed by atoms with van der Waals surface area (Å²) in [5, 5.41) is 9.36. The fourth-order valence-corrected chi connectivity index (χ4v) is 23.2. The summed E-state index contributed by atoms with van der Waals surface area (Å²) in [7, 11) is 0. The minimum atomic E-state index is 0.830. The molecule has 0 atom stereocenters. The van der Waals surface area contributed by atoms with E-state index in [-0.39, 0.29) is 0 Å². The van der Waals surface area contributed by atoms with Gasteiger partial charge in [-0.05, 0) is 324 Å². The van der Waals surface area contributed by atoms with Crippen molar-refractivity contribution in [1.82, 2.24) is 0 Å². The van der Waals surface area contributed by atoms with E-state index in [9.17, 15) is 0 Å². The van der Waals surface area contributed by atoms with E-state index in [2.05, 4.69) is 364 Å². The lowest BCUT2D eigenvalue weighted by atomic mass is 9.70. The highest BCUT2D eigenvalue weighted by Crippen LogP contribution is 2.65. The molecule has 0 aliphatic heterocycles. The highest BCUT2D eigenvalue weighted by molar-refractivity contribution is 6.35. The van der Waals surface area contributed by atoms with Crippen molar-refractivity contribution in [1.29, 1.82) is 0 Å². The van der Waals surface area contributed by atoms with Gasteiger partial charge < -0.3 is 0 Å². The molecule has 0 saturated carbocycles. The summed E-state index contributed by atoms with van der Waals surface area (Å²) in [5.74, 6) is 0. The molecule has 0 fully saturated rings. The quantitative estimate of drug-likeness (QED) is 0.107. The molecule has 0 N–H and O–H groups in total. The Balaban J connectivity index is 0.812. The molecule has 0 spiro atoms. The third-order valence-corrected chi connectivity index (χ3v) is 27.7. The van der Waals surface area contributed by atoms with Crippen molar-refractivity contribution in [2.45, 2.75) is 57.8 Å². The van der Waals surface area contributed by atoms with Gasteiger partial charge in [0.25, 0.3) is 0 Å². The van der Waals surface area contributed by atoms with Crippen molar-refractivity contribution >= 4 is 32.3 Å². The lowest BCUT2D eigenvalue weighted by Crippen LogP contribution is -2.17. The number of hydrogen-bond acceptors (Lipinski definition) is 0. The zero-order valence-corrected chi connectivity index (χ0v) is 65.0. The van der Waals surface area contributed by atoms with E-state index < -0.39 is 0 Å². The van der Waals surface area contributed by atoms with Gasteiger partial charge in [-0.2, -0.15) is 0 Å². The van der Waals surface area contributed by atoms with E-state index in [0.717, 1.165) is 57.8 Å². The molecule has 0 radical (unpaired) electrons. The van der Waals surface area contributed by atoms with Gasteiger partial charge in [-0.15, -0.1) is 0 Å². The SMILES string of the molecule is c1ccc(-c2c3c(c(-c4ccccc4)c(-c4ccccc4)c2-c2ccccc2)Cc2c(c4c5c6c(c7c(c8c6c6c(c9c(c%10c6c5c2C%10)Cc2c(c(-c5ccccc5)c(-c5ccccc5)c(-c5ccccc5)c2-c2ccccc2)C9)C8)Cc2c(c(-c5ccccc5)c(-c5ccccc5)c(-c5ccccc5)c2-c2ccccc2)C7)C4)C3)cc1. The highest BCUT2D eigenvalue weighted by atomic mass is 14.5. The largest absolute Gasteiger partial charge is 0.0622 e. The molecule has 19 aromatic rings. The molecule has 0 nitrogen and oxygen atoms in total. The van der Waals surface area contributed by atoms with E-state index in [1.54, 1.807) is 99.1 Å². The Morgan fingerprint density at radius 2 is 0.179 bits per heavy atom. The van der Waals surface area contributed by atoms with Crippen LogP contribution in [-0.2, 0) is 57.8 Å². The zero-order chi connectivity index (χ0) is 76.5. The van der Waals surface area contributed by atoms with Gasteiger partial charge in [0.2, 0.25) is 0 Å². The van der Waals surface area contributed by atoms with Crippen molar-refractivity contribution in [3.8, 4) is 134 Å². The molecular weight excluding hydrogens is 1410 g/mol. The van der Waals surface area contributed by atoms with Gasteiger partial charge >= 0.3 is 0 Å². The summed E-state index contributed by atoms with van der Waals surface area (Å²) in [6, 6.07) is 138. The molecule has 6 aliphatic rings. The van der Waals surface area contributed by atoms with E-state index in [4.69, 9.17) is 0 Å². The predicted molar refractivity (Wildman–Crippen MR) is 489 cm³/mol. The van der Waals surface area contributed by atoms with E-state index >= 15 is 0 Å². The van der Waals surface area contributed by atoms with Crippen LogP contribution in [0.3, 0.4) is 0 Å². The molecule has 0 unspecified atom stereocenters. The molecule has 117 heavy (non-hydrogen) atoms. The number of benzene rings is 19. The summed E-state index contributed by atoms with van der Waals surface area (Å²) in [5.41, 5.74) is 58.7. The summed E-state index contributed by atoms with van der Waals surface area (Å²) in [4.78, 5) is 0. The van der Waals surface area contributed by atoms with Gasteiger partial charge in [0.05, 0.1) is 0 Å². The Hall–Kier alpha value is -14.0. The Labute approximate surface area is 683 Å². The molecule has 546 valence electrons. The van der Waals surface area contributed by atoms with Gasteiger partial charge in [0, 0.05) is 0 Å². The van der Waals surface area contributed by atoms with Crippen LogP contribution >= 0.6 is 0 Å². The van der Waals surface area contributed by atoms with Crippen LogP contribution in [0, 0.1) is 0 Å². The van der Waals surface area contributed by atoms with Crippen LogP contribution in [0.2, 0.25) is 0 Å². The maximum Gasteiger partial charge on any atom is -0.000707 e. The lowest BCUT2D eigenvalue weighted by molar-refractivity contribution is 0.950. The van der Waals surface area contributed by atoms with E-state index in [1.165, 1.54) is 167 Å². The Morgan fingerprint density at radius 1 is 0.0855 bits per heavy atom. The summed E-state index contributed by atoms with van der Waals surface area (Å²) in [6.45, 7) is 0. The van der Waals surface area contributed by atoms with Crippen LogP contribution in [0.15, 0.2) is 364 Å². The number of rotatable bonds is 12. The van der Waals surface area contributed by atoms with Crippen LogP contribution in [0.5, 0.6) is 0 Å². The molecule has 6 aliphatic carbocycles. The highest BCUT2D eigenvalue weighted by Gasteiger charge is 2.45. The van der Waals surface area contributed by atoms with Gasteiger partial charge in [-0.1, -0.05) is 364 Å². The molecule has 0 heteroatoms. The average Bonchev–Trinajstić information content (AvgIpc) is 1.48. The Bertz CT molecular complexity index is 6190. The van der Waals surface area contributed by atoms with Crippen LogP contribution in [-0.4, -0.2) is 0 Å². The fraction of sp³-hybridized carbons (Fsp3) is 0.0769. The minimum Gasteiger partial charge on any atom is -0.0622 e. The van der Waals surface area contributed by atoms with Gasteiger partial charge in [0.15, 0.2) is 0 Å². The van der Waals surface area contributed by atoms with Gasteiger partial charge in [-0.25, -0.2) is 0 Å². The maximum atomic E-state index is 2.40. The Kier molecular flexibility index (Phi) is 14.9. The fourth-order valence-electron chi connectivity index (χ4n) is 23.2. The second-order valence-electron chi connectivity index (χ2n) is 33.3. The first-order valence-electron chi connectivity index (χ1n) is 42.0. The summed E-state index contributed by atoms with van der Waals surface area (Å²) >= 11 is 0. The first-order chi connectivity index (χ1) is 58.1. The van der Waals surface area contributed by atoms with Crippen molar-refractivity contribution in [2.75, 3.05) is 0 Å². The normalized spacial score (nSPS) is 13.3. The second kappa shape index (κ2) is 26.3. The lowest BCUT2D eigenvalue weighted by Gasteiger charge is -2.33. The zero-order valence-electron chi connectivity index (χ0n) is 65.0. The smallest absolute Gasteiger partial charge is 0.000707 e. The first-order valence-corrected chi connectivity index (χ1v) is 42.0. The molecule has 25 rings (SSSR count). The first kappa shape index (κ1) is 66.4. The van der Waals surface area contributed by atoms with Crippen molar-refractivity contribution in [3.05, 3.63) is 464 Å². The third-order valence-electron chi connectivity index (χ3n) is 27.7. The van der Waals surface area contributed by atoms with Crippen LogP contribution in [0.4, 0.5) is 0 Å². The van der Waals surface area contributed by atoms with Crippen molar-refractivity contribution < 1.29 is 0 Å². The number of fused-ring (bicyclic) bond motifs is 12. The Morgan fingerprint density at radius 3 is 0.291 bits per heavy atom.